The van der Waals surface area contributed by atoms with E-state index < -0.39 is 0 Å². The highest BCUT2D eigenvalue weighted by Gasteiger charge is 2.31. The molecule has 2 aliphatic heterocycles. The third-order valence-corrected chi connectivity index (χ3v) is 6.68. The van der Waals surface area contributed by atoms with Gasteiger partial charge in [0.2, 0.25) is 5.95 Å². The number of aromatic nitrogens is 2. The fourth-order valence-corrected chi connectivity index (χ4v) is 4.54. The van der Waals surface area contributed by atoms with Crippen molar-refractivity contribution < 1.29 is 9.18 Å². The van der Waals surface area contributed by atoms with Gasteiger partial charge in [0.1, 0.15) is 5.82 Å². The Bertz CT molecular complexity index is 1240. The van der Waals surface area contributed by atoms with Gasteiger partial charge in [-0.05, 0) is 49.0 Å². The molecule has 1 amide bonds. The summed E-state index contributed by atoms with van der Waals surface area (Å²) < 4.78 is 14.6. The van der Waals surface area contributed by atoms with E-state index in [2.05, 4.69) is 46.3 Å². The van der Waals surface area contributed by atoms with Gasteiger partial charge in [-0.25, -0.2) is 14.4 Å². The molecule has 0 atom stereocenters. The minimum absolute atomic E-state index is 0.0432. The molecule has 1 saturated heterocycles. The molecule has 0 radical (unpaired) electrons. The van der Waals surface area contributed by atoms with Crippen molar-refractivity contribution in [1.29, 1.82) is 0 Å². The van der Waals surface area contributed by atoms with E-state index in [1.54, 1.807) is 12.3 Å². The molecule has 0 bridgehead atoms. The van der Waals surface area contributed by atoms with Crippen LogP contribution in [0.25, 0.3) is 11.3 Å². The van der Waals surface area contributed by atoms with Crippen molar-refractivity contribution in [3.63, 3.8) is 0 Å². The number of fused-ring (bicyclic) bond motifs is 1. The SMILES string of the molecule is CN1CCN(c2cc(Nc3nccc(-c4ccc5c(c4)C(C)(C)CNC5=O)n3)ccc2F)CC1. The van der Waals surface area contributed by atoms with Crippen LogP contribution in [0.5, 0.6) is 0 Å². The summed E-state index contributed by atoms with van der Waals surface area (Å²) in [5.74, 6) is 0.159. The Morgan fingerprint density at radius 2 is 1.85 bits per heavy atom. The first kappa shape index (κ1) is 22.3. The lowest BCUT2D eigenvalue weighted by Crippen LogP contribution is -2.44. The maximum absolute atomic E-state index is 14.6. The summed E-state index contributed by atoms with van der Waals surface area (Å²) in [5.41, 5.74) is 4.54. The lowest BCUT2D eigenvalue weighted by Gasteiger charge is -2.34. The highest BCUT2D eigenvalue weighted by atomic mass is 19.1. The normalized spacial score (nSPS) is 17.8. The van der Waals surface area contributed by atoms with E-state index >= 15 is 0 Å². The van der Waals surface area contributed by atoms with E-state index in [4.69, 9.17) is 4.98 Å². The largest absolute Gasteiger partial charge is 0.367 e. The number of carbonyl (C=O) groups excluding carboxylic acids is 1. The van der Waals surface area contributed by atoms with Gasteiger partial charge in [0.15, 0.2) is 0 Å². The number of anilines is 3. The molecule has 2 aliphatic rings. The number of amides is 1. The molecule has 176 valence electrons. The Morgan fingerprint density at radius 3 is 2.65 bits per heavy atom. The average molecular weight is 461 g/mol. The van der Waals surface area contributed by atoms with E-state index in [0.29, 0.717) is 23.7 Å². The number of hydrogen-bond donors (Lipinski definition) is 2. The van der Waals surface area contributed by atoms with Crippen molar-refractivity contribution >= 4 is 23.2 Å². The summed E-state index contributed by atoms with van der Waals surface area (Å²) in [6, 6.07) is 12.7. The van der Waals surface area contributed by atoms with Crippen LogP contribution < -0.4 is 15.5 Å². The van der Waals surface area contributed by atoms with E-state index in [1.165, 1.54) is 6.07 Å². The van der Waals surface area contributed by atoms with E-state index in [-0.39, 0.29) is 17.1 Å². The average Bonchev–Trinajstić information content (AvgIpc) is 2.83. The lowest BCUT2D eigenvalue weighted by atomic mass is 9.78. The van der Waals surface area contributed by atoms with Crippen LogP contribution in [0.1, 0.15) is 29.8 Å². The van der Waals surface area contributed by atoms with Crippen molar-refractivity contribution in [2.75, 3.05) is 50.0 Å². The van der Waals surface area contributed by atoms with Gasteiger partial charge in [0.05, 0.1) is 11.4 Å². The first-order chi connectivity index (χ1) is 16.3. The predicted octanol–water partition coefficient (Wildman–Crippen LogP) is 3.80. The van der Waals surface area contributed by atoms with Crippen molar-refractivity contribution in [3.05, 3.63) is 65.6 Å². The number of piperazine rings is 1. The number of halogens is 1. The molecular formula is C26H29FN6O. The Labute approximate surface area is 199 Å². The molecule has 0 unspecified atom stereocenters. The van der Waals surface area contributed by atoms with E-state index in [9.17, 15) is 9.18 Å². The number of rotatable bonds is 4. The summed E-state index contributed by atoms with van der Waals surface area (Å²) in [6.45, 7) is 8.22. The fourth-order valence-electron chi connectivity index (χ4n) is 4.54. The molecule has 3 heterocycles. The predicted molar refractivity (Wildman–Crippen MR) is 132 cm³/mol. The molecule has 8 heteroatoms. The molecule has 34 heavy (non-hydrogen) atoms. The quantitative estimate of drug-likeness (QED) is 0.617. The van der Waals surface area contributed by atoms with E-state index in [0.717, 1.165) is 48.7 Å². The number of nitrogens with zero attached hydrogens (tertiary/aromatic N) is 4. The van der Waals surface area contributed by atoms with Gasteiger partial charge >= 0.3 is 0 Å². The second-order valence-electron chi connectivity index (χ2n) is 9.67. The Balaban J connectivity index is 1.41. The van der Waals surface area contributed by atoms with E-state index in [1.807, 2.05) is 30.3 Å². The van der Waals surface area contributed by atoms with Gasteiger partial charge in [-0.3, -0.25) is 4.79 Å². The van der Waals surface area contributed by atoms with Crippen LogP contribution in [0.2, 0.25) is 0 Å². The smallest absolute Gasteiger partial charge is 0.251 e. The molecule has 0 saturated carbocycles. The zero-order valence-corrected chi connectivity index (χ0v) is 19.7. The summed E-state index contributed by atoms with van der Waals surface area (Å²) in [7, 11) is 2.08. The molecular weight excluding hydrogens is 431 g/mol. The van der Waals surface area contributed by atoms with Gasteiger partial charge in [-0.2, -0.15) is 0 Å². The summed E-state index contributed by atoms with van der Waals surface area (Å²) in [5, 5.41) is 6.18. The van der Waals surface area contributed by atoms with Crippen LogP contribution in [0.4, 0.5) is 21.7 Å². The minimum Gasteiger partial charge on any atom is -0.367 e. The second-order valence-corrected chi connectivity index (χ2v) is 9.67. The molecule has 2 aromatic carbocycles. The summed E-state index contributed by atoms with van der Waals surface area (Å²) >= 11 is 0. The Kier molecular flexibility index (Phi) is 5.69. The molecule has 2 N–H and O–H groups in total. The van der Waals surface area contributed by atoms with Gasteiger partial charge < -0.3 is 20.4 Å². The summed E-state index contributed by atoms with van der Waals surface area (Å²) in [6.07, 6.45) is 1.70. The maximum atomic E-state index is 14.6. The maximum Gasteiger partial charge on any atom is 0.251 e. The molecule has 0 aliphatic carbocycles. The standard InChI is InChI=1S/C26H29FN6O/c1-26(2)16-29-24(34)19-6-4-17(14-20(19)26)22-8-9-28-25(31-22)30-18-5-7-21(27)23(15-18)33-12-10-32(3)11-13-33/h4-9,14-15H,10-13,16H2,1-3H3,(H,29,34)(H,28,30,31). The lowest BCUT2D eigenvalue weighted by molar-refractivity contribution is 0.0930. The molecule has 5 rings (SSSR count). The Hall–Kier alpha value is -3.52. The van der Waals surface area contributed by atoms with Gasteiger partial charge in [0.25, 0.3) is 5.91 Å². The fraction of sp³-hybridized carbons (Fsp3) is 0.346. The number of benzene rings is 2. The second kappa shape index (κ2) is 8.68. The topological polar surface area (TPSA) is 73.4 Å². The number of carbonyl (C=O) groups is 1. The first-order valence-electron chi connectivity index (χ1n) is 11.6. The van der Waals surface area contributed by atoms with Crippen LogP contribution in [0, 0.1) is 5.82 Å². The number of likely N-dealkylation sites (N-methyl/N-ethyl adjacent to an activating group) is 1. The molecule has 0 spiro atoms. The highest BCUT2D eigenvalue weighted by Crippen LogP contribution is 2.33. The van der Waals surface area contributed by atoms with Crippen molar-refractivity contribution in [2.24, 2.45) is 0 Å². The molecule has 7 nitrogen and oxygen atoms in total. The molecule has 1 aromatic heterocycles. The van der Waals surface area contributed by atoms with Gasteiger partial charge in [-0.1, -0.05) is 19.9 Å². The third-order valence-electron chi connectivity index (χ3n) is 6.68. The summed E-state index contributed by atoms with van der Waals surface area (Å²) in [4.78, 5) is 25.6. The number of nitrogens with one attached hydrogen (secondary N) is 2. The molecule has 3 aromatic rings. The van der Waals surface area contributed by atoms with Crippen molar-refractivity contribution in [3.8, 4) is 11.3 Å². The zero-order valence-electron chi connectivity index (χ0n) is 19.7. The number of hydrogen-bond acceptors (Lipinski definition) is 6. The van der Waals surface area contributed by atoms with Crippen LogP contribution >= 0.6 is 0 Å². The van der Waals surface area contributed by atoms with Crippen LogP contribution in [-0.2, 0) is 5.41 Å². The molecule has 1 fully saturated rings. The monoisotopic (exact) mass is 460 g/mol. The van der Waals surface area contributed by atoms with Gasteiger partial charge in [-0.15, -0.1) is 0 Å². The minimum atomic E-state index is -0.231. The van der Waals surface area contributed by atoms with Crippen LogP contribution in [-0.4, -0.2) is 60.5 Å². The Morgan fingerprint density at radius 1 is 1.06 bits per heavy atom. The van der Waals surface area contributed by atoms with Crippen molar-refractivity contribution in [2.45, 2.75) is 19.3 Å². The van der Waals surface area contributed by atoms with Gasteiger partial charge in [0, 0.05) is 61.1 Å². The first-order valence-corrected chi connectivity index (χ1v) is 11.6. The van der Waals surface area contributed by atoms with Crippen LogP contribution in [0.3, 0.4) is 0 Å². The highest BCUT2D eigenvalue weighted by molar-refractivity contribution is 5.98. The zero-order chi connectivity index (χ0) is 23.9. The third kappa shape index (κ3) is 4.33. The van der Waals surface area contributed by atoms with Crippen LogP contribution in [0.15, 0.2) is 48.7 Å². The van der Waals surface area contributed by atoms with Crippen molar-refractivity contribution in [1.82, 2.24) is 20.2 Å².